The van der Waals surface area contributed by atoms with E-state index in [1.54, 1.807) is 0 Å². The summed E-state index contributed by atoms with van der Waals surface area (Å²) >= 11 is 0. The van der Waals surface area contributed by atoms with Gasteiger partial charge < -0.3 is 16.0 Å². The molecule has 3 heteroatoms. The predicted molar refractivity (Wildman–Crippen MR) is 63.8 cm³/mol. The van der Waals surface area contributed by atoms with E-state index in [2.05, 4.69) is 17.3 Å². The first-order valence-electron chi connectivity index (χ1n) is 6.41. The van der Waals surface area contributed by atoms with Crippen LogP contribution in [0.25, 0.3) is 0 Å². The second-order valence-electron chi connectivity index (χ2n) is 5.42. The summed E-state index contributed by atoms with van der Waals surface area (Å²) in [6, 6.07) is 1.21. The van der Waals surface area contributed by atoms with Crippen molar-refractivity contribution in [1.29, 1.82) is 0 Å². The zero-order valence-electron chi connectivity index (χ0n) is 9.91. The Bertz CT molecular complexity index is 181. The van der Waals surface area contributed by atoms with E-state index in [0.717, 1.165) is 12.0 Å². The van der Waals surface area contributed by atoms with Crippen molar-refractivity contribution < 1.29 is 0 Å². The second-order valence-corrected chi connectivity index (χ2v) is 5.42. The van der Waals surface area contributed by atoms with Gasteiger partial charge in [-0.3, -0.25) is 0 Å². The summed E-state index contributed by atoms with van der Waals surface area (Å²) in [5.74, 6) is 0.961. The lowest BCUT2D eigenvalue weighted by Crippen LogP contribution is -2.48. The number of hydrogen-bond donors (Lipinski definition) is 2. The van der Waals surface area contributed by atoms with E-state index < -0.39 is 0 Å². The molecular weight excluding hydrogens is 186 g/mol. The minimum Gasteiger partial charge on any atom is -0.328 e. The molecule has 0 aromatic carbocycles. The van der Waals surface area contributed by atoms with Crippen LogP contribution in [-0.4, -0.2) is 43.7 Å². The van der Waals surface area contributed by atoms with Crippen molar-refractivity contribution in [3.8, 4) is 0 Å². The van der Waals surface area contributed by atoms with Gasteiger partial charge in [-0.05, 0) is 64.7 Å². The third-order valence-electron chi connectivity index (χ3n) is 4.00. The van der Waals surface area contributed by atoms with Crippen LogP contribution in [0.3, 0.4) is 0 Å². The summed E-state index contributed by atoms with van der Waals surface area (Å²) in [6.45, 7) is 3.78. The normalized spacial score (nSPS) is 34.0. The molecule has 3 N–H and O–H groups in total. The third kappa shape index (κ3) is 3.44. The average molecular weight is 211 g/mol. The molecule has 0 aromatic rings. The van der Waals surface area contributed by atoms with Gasteiger partial charge in [0.1, 0.15) is 0 Å². The van der Waals surface area contributed by atoms with E-state index in [-0.39, 0.29) is 0 Å². The quantitative estimate of drug-likeness (QED) is 0.722. The van der Waals surface area contributed by atoms with Crippen LogP contribution in [0.5, 0.6) is 0 Å². The number of hydrogen-bond acceptors (Lipinski definition) is 3. The van der Waals surface area contributed by atoms with Gasteiger partial charge in [-0.15, -0.1) is 0 Å². The van der Waals surface area contributed by atoms with Crippen LogP contribution in [0.2, 0.25) is 0 Å². The molecule has 0 aromatic heterocycles. The molecule has 0 radical (unpaired) electrons. The molecule has 1 saturated heterocycles. The molecule has 0 bridgehead atoms. The van der Waals surface area contributed by atoms with Gasteiger partial charge in [0, 0.05) is 12.1 Å². The molecule has 0 spiro atoms. The highest BCUT2D eigenvalue weighted by Crippen LogP contribution is 2.20. The first-order chi connectivity index (χ1) is 7.24. The van der Waals surface area contributed by atoms with Crippen molar-refractivity contribution in [2.45, 2.75) is 44.2 Å². The highest BCUT2D eigenvalue weighted by molar-refractivity contribution is 4.87. The summed E-state index contributed by atoms with van der Waals surface area (Å²) < 4.78 is 0. The van der Waals surface area contributed by atoms with Gasteiger partial charge in [0.15, 0.2) is 0 Å². The molecule has 2 fully saturated rings. The Hall–Kier alpha value is -0.120. The zero-order chi connectivity index (χ0) is 10.7. The van der Waals surface area contributed by atoms with Crippen LogP contribution in [-0.2, 0) is 0 Å². The number of nitrogens with zero attached hydrogens (tertiary/aromatic N) is 1. The minimum atomic E-state index is 0.478. The summed E-state index contributed by atoms with van der Waals surface area (Å²) in [4.78, 5) is 2.44. The van der Waals surface area contributed by atoms with Gasteiger partial charge >= 0.3 is 0 Å². The van der Waals surface area contributed by atoms with Crippen molar-refractivity contribution in [2.24, 2.45) is 11.7 Å². The van der Waals surface area contributed by atoms with Crippen molar-refractivity contribution in [3.05, 3.63) is 0 Å². The topological polar surface area (TPSA) is 41.3 Å². The molecule has 0 unspecified atom stereocenters. The molecule has 2 rings (SSSR count). The van der Waals surface area contributed by atoms with E-state index in [0.29, 0.717) is 6.04 Å². The third-order valence-corrected chi connectivity index (χ3v) is 4.00. The highest BCUT2D eigenvalue weighted by Gasteiger charge is 2.25. The van der Waals surface area contributed by atoms with E-state index >= 15 is 0 Å². The van der Waals surface area contributed by atoms with E-state index in [9.17, 15) is 0 Å². The maximum absolute atomic E-state index is 5.75. The van der Waals surface area contributed by atoms with Crippen LogP contribution in [0.15, 0.2) is 0 Å². The fourth-order valence-electron chi connectivity index (χ4n) is 2.67. The van der Waals surface area contributed by atoms with E-state index in [4.69, 9.17) is 5.73 Å². The number of rotatable bonds is 4. The molecule has 0 atom stereocenters. The number of nitrogens with one attached hydrogen (secondary N) is 1. The Labute approximate surface area is 93.4 Å². The van der Waals surface area contributed by atoms with Gasteiger partial charge in [-0.2, -0.15) is 0 Å². The first kappa shape index (κ1) is 11.4. The molecule has 0 amide bonds. The molecule has 1 saturated carbocycles. The number of piperidine rings is 1. The van der Waals surface area contributed by atoms with Crippen molar-refractivity contribution in [3.63, 3.8) is 0 Å². The van der Waals surface area contributed by atoms with Gasteiger partial charge in [-0.25, -0.2) is 0 Å². The van der Waals surface area contributed by atoms with Crippen LogP contribution >= 0.6 is 0 Å². The highest BCUT2D eigenvalue weighted by atomic mass is 15.1. The van der Waals surface area contributed by atoms with E-state index in [1.807, 2.05) is 0 Å². The van der Waals surface area contributed by atoms with Gasteiger partial charge in [-0.1, -0.05) is 0 Å². The second kappa shape index (κ2) is 5.28. The predicted octanol–water partition coefficient (Wildman–Crippen LogP) is 0.798. The average Bonchev–Trinajstić information content (AvgIpc) is 2.18. The Kier molecular flexibility index (Phi) is 4.00. The summed E-state index contributed by atoms with van der Waals surface area (Å²) in [7, 11) is 2.23. The summed E-state index contributed by atoms with van der Waals surface area (Å²) in [6.07, 6.45) is 6.52. The molecule has 2 aliphatic rings. The zero-order valence-corrected chi connectivity index (χ0v) is 9.91. The van der Waals surface area contributed by atoms with Crippen molar-refractivity contribution in [1.82, 2.24) is 10.2 Å². The van der Waals surface area contributed by atoms with Gasteiger partial charge in [0.05, 0.1) is 0 Å². The molecule has 15 heavy (non-hydrogen) atoms. The lowest BCUT2D eigenvalue weighted by atomic mass is 9.87. The minimum absolute atomic E-state index is 0.478. The molecule has 1 heterocycles. The number of likely N-dealkylation sites (tertiary alicyclic amines) is 1. The smallest absolute Gasteiger partial charge is 0.00965 e. The maximum Gasteiger partial charge on any atom is 0.00965 e. The fraction of sp³-hybridized carbons (Fsp3) is 1.00. The molecule has 1 aliphatic heterocycles. The Morgan fingerprint density at radius 2 is 1.93 bits per heavy atom. The molecule has 1 aliphatic carbocycles. The lowest BCUT2D eigenvalue weighted by Gasteiger charge is -2.34. The van der Waals surface area contributed by atoms with Crippen LogP contribution < -0.4 is 11.1 Å². The summed E-state index contributed by atoms with van der Waals surface area (Å²) in [5.41, 5.74) is 5.75. The van der Waals surface area contributed by atoms with Crippen LogP contribution in [0.1, 0.15) is 32.1 Å². The van der Waals surface area contributed by atoms with Gasteiger partial charge in [0.25, 0.3) is 0 Å². The summed E-state index contributed by atoms with van der Waals surface area (Å²) in [5, 5.41) is 3.61. The Morgan fingerprint density at radius 1 is 1.27 bits per heavy atom. The fourth-order valence-corrected chi connectivity index (χ4v) is 2.67. The first-order valence-corrected chi connectivity index (χ1v) is 6.41. The Balaban J connectivity index is 1.51. The van der Waals surface area contributed by atoms with E-state index in [1.165, 1.54) is 51.7 Å². The van der Waals surface area contributed by atoms with Crippen molar-refractivity contribution >= 4 is 0 Å². The molecule has 3 nitrogen and oxygen atoms in total. The molecule has 88 valence electrons. The largest absolute Gasteiger partial charge is 0.328 e. The standard InChI is InChI=1S/C12H25N3/c1-15-6-3-10(4-7-15)2-5-14-12-8-11(13)9-12/h10-12,14H,2-9,13H2,1H3. The maximum atomic E-state index is 5.75. The SMILES string of the molecule is CN1CCC(CCNC2CC(N)C2)CC1. The Morgan fingerprint density at radius 3 is 2.53 bits per heavy atom. The van der Waals surface area contributed by atoms with Crippen molar-refractivity contribution in [2.75, 3.05) is 26.7 Å². The lowest BCUT2D eigenvalue weighted by molar-refractivity contribution is 0.205. The molecular formula is C12H25N3. The number of nitrogens with two attached hydrogens (primary N) is 1. The monoisotopic (exact) mass is 211 g/mol. The van der Waals surface area contributed by atoms with Gasteiger partial charge in [0.2, 0.25) is 0 Å². The van der Waals surface area contributed by atoms with Crippen LogP contribution in [0.4, 0.5) is 0 Å². The van der Waals surface area contributed by atoms with Crippen LogP contribution in [0, 0.1) is 5.92 Å².